The number of imidazole rings is 1. The molecule has 0 spiro atoms. The van der Waals surface area contributed by atoms with Crippen molar-refractivity contribution in [3.05, 3.63) is 16.8 Å². The molecule has 3 heterocycles. The van der Waals surface area contributed by atoms with Crippen molar-refractivity contribution >= 4 is 17.0 Å². The Morgan fingerprint density at radius 2 is 2.14 bits per heavy atom. The highest BCUT2D eigenvalue weighted by atomic mass is 16.6. The monoisotopic (exact) mass is 311 g/mol. The van der Waals surface area contributed by atoms with E-state index in [0.29, 0.717) is 11.3 Å². The minimum Gasteiger partial charge on any atom is -0.394 e. The van der Waals surface area contributed by atoms with Crippen LogP contribution in [0.5, 0.6) is 0 Å². The molecule has 0 radical (unpaired) electrons. The highest BCUT2D eigenvalue weighted by molar-refractivity contribution is 5.83. The second kappa shape index (κ2) is 5.32. The van der Waals surface area contributed by atoms with Crippen LogP contribution in [-0.2, 0) is 4.74 Å². The first-order valence-corrected chi connectivity index (χ1v) is 6.70. The average molecular weight is 311 g/mol. The second-order valence-electron chi connectivity index (χ2n) is 5.34. The molecule has 10 nitrogen and oxygen atoms in total. The molecule has 10 heteroatoms. The first kappa shape index (κ1) is 14.9. The predicted octanol–water partition coefficient (Wildman–Crippen LogP) is -2.20. The van der Waals surface area contributed by atoms with Crippen molar-refractivity contribution in [2.24, 2.45) is 0 Å². The van der Waals surface area contributed by atoms with E-state index in [1.165, 1.54) is 10.9 Å². The number of rotatable bonds is 3. The summed E-state index contributed by atoms with van der Waals surface area (Å²) >= 11 is 0. The SMILES string of the molecule is CN(C)c1[nH]c(=O)nc2c1ncn2[C@@H]1O[C@H](CO)[C@@H](O)[C@H]1O. The molecule has 1 fully saturated rings. The van der Waals surface area contributed by atoms with Gasteiger partial charge in [-0.25, -0.2) is 9.78 Å². The van der Waals surface area contributed by atoms with Gasteiger partial charge in [0, 0.05) is 14.1 Å². The fourth-order valence-corrected chi connectivity index (χ4v) is 2.54. The number of fused-ring (bicyclic) bond motifs is 1. The summed E-state index contributed by atoms with van der Waals surface area (Å²) in [6, 6.07) is 0. The van der Waals surface area contributed by atoms with E-state index in [2.05, 4.69) is 15.0 Å². The third-order valence-electron chi connectivity index (χ3n) is 3.66. The Bertz CT molecular complexity index is 741. The van der Waals surface area contributed by atoms with Gasteiger partial charge in [-0.1, -0.05) is 0 Å². The van der Waals surface area contributed by atoms with Gasteiger partial charge < -0.3 is 25.0 Å². The van der Waals surface area contributed by atoms with E-state index in [4.69, 9.17) is 9.84 Å². The summed E-state index contributed by atoms with van der Waals surface area (Å²) in [5.41, 5.74) is 0.0920. The minimum atomic E-state index is -1.27. The molecule has 120 valence electrons. The van der Waals surface area contributed by atoms with E-state index < -0.39 is 36.8 Å². The van der Waals surface area contributed by atoms with Crippen molar-refractivity contribution in [2.45, 2.75) is 24.5 Å². The van der Waals surface area contributed by atoms with Crippen molar-refractivity contribution in [1.29, 1.82) is 0 Å². The first-order valence-electron chi connectivity index (χ1n) is 6.70. The van der Waals surface area contributed by atoms with Gasteiger partial charge in [-0.05, 0) is 0 Å². The molecule has 1 aliphatic heterocycles. The van der Waals surface area contributed by atoms with Gasteiger partial charge in [0.05, 0.1) is 12.9 Å². The summed E-state index contributed by atoms with van der Waals surface area (Å²) in [6.45, 7) is -0.432. The van der Waals surface area contributed by atoms with E-state index in [9.17, 15) is 15.0 Å². The van der Waals surface area contributed by atoms with E-state index in [0.717, 1.165) is 0 Å². The zero-order valence-electron chi connectivity index (χ0n) is 12.0. The van der Waals surface area contributed by atoms with E-state index in [1.807, 2.05) is 0 Å². The van der Waals surface area contributed by atoms with Gasteiger partial charge in [-0.15, -0.1) is 0 Å². The summed E-state index contributed by atoms with van der Waals surface area (Å²) in [4.78, 5) is 24.0. The number of aliphatic hydroxyl groups is 3. The van der Waals surface area contributed by atoms with Gasteiger partial charge in [0.2, 0.25) is 0 Å². The second-order valence-corrected chi connectivity index (χ2v) is 5.34. The highest BCUT2D eigenvalue weighted by Crippen LogP contribution is 2.31. The Morgan fingerprint density at radius 1 is 1.41 bits per heavy atom. The van der Waals surface area contributed by atoms with Crippen molar-refractivity contribution in [3.8, 4) is 0 Å². The molecule has 0 aromatic carbocycles. The van der Waals surface area contributed by atoms with Gasteiger partial charge >= 0.3 is 5.69 Å². The number of anilines is 1. The number of aliphatic hydroxyl groups excluding tert-OH is 3. The van der Waals surface area contributed by atoms with Crippen LogP contribution in [0.25, 0.3) is 11.2 Å². The molecule has 3 rings (SSSR count). The lowest BCUT2D eigenvalue weighted by Gasteiger charge is -2.17. The third-order valence-corrected chi connectivity index (χ3v) is 3.66. The molecule has 0 aliphatic carbocycles. The smallest absolute Gasteiger partial charge is 0.348 e. The summed E-state index contributed by atoms with van der Waals surface area (Å²) in [5, 5.41) is 29.1. The summed E-state index contributed by atoms with van der Waals surface area (Å²) < 4.78 is 6.81. The van der Waals surface area contributed by atoms with Crippen molar-refractivity contribution < 1.29 is 20.1 Å². The van der Waals surface area contributed by atoms with Crippen LogP contribution in [0.2, 0.25) is 0 Å². The zero-order chi connectivity index (χ0) is 16.0. The number of hydrogen-bond acceptors (Lipinski definition) is 8. The van der Waals surface area contributed by atoms with Crippen LogP contribution >= 0.6 is 0 Å². The number of hydrogen-bond donors (Lipinski definition) is 4. The third kappa shape index (κ3) is 2.16. The van der Waals surface area contributed by atoms with Crippen LogP contribution in [-0.4, -0.2) is 73.9 Å². The Labute approximate surface area is 124 Å². The van der Waals surface area contributed by atoms with E-state index >= 15 is 0 Å². The van der Waals surface area contributed by atoms with Crippen molar-refractivity contribution in [2.75, 3.05) is 25.6 Å². The van der Waals surface area contributed by atoms with Crippen LogP contribution in [0.15, 0.2) is 11.1 Å². The molecule has 4 atom stereocenters. The molecule has 2 aromatic rings. The standard InChI is InChI=1S/C12H17N5O5/c1-16(2)9-6-10(15-12(21)14-9)17(4-13-6)11-8(20)7(19)5(3-18)22-11/h4-5,7-8,11,18-20H,3H2,1-2H3,(H,14,15,21)/t5-,7-,8-,11-/m1/s1. The summed E-state index contributed by atoms with van der Waals surface area (Å²) in [7, 11) is 3.49. The van der Waals surface area contributed by atoms with E-state index in [1.54, 1.807) is 19.0 Å². The maximum Gasteiger partial charge on any atom is 0.348 e. The Hall–Kier alpha value is -2.01. The molecular weight excluding hydrogens is 294 g/mol. The number of aromatic nitrogens is 4. The average Bonchev–Trinajstić information content (AvgIpc) is 3.00. The maximum atomic E-state index is 11.7. The number of H-pyrrole nitrogens is 1. The maximum absolute atomic E-state index is 11.7. The first-order chi connectivity index (χ1) is 10.4. The molecule has 0 saturated carbocycles. The summed E-state index contributed by atoms with van der Waals surface area (Å²) in [5.74, 6) is 0.473. The van der Waals surface area contributed by atoms with Gasteiger partial charge in [-0.3, -0.25) is 9.55 Å². The molecule has 22 heavy (non-hydrogen) atoms. The molecule has 0 unspecified atom stereocenters. The van der Waals surface area contributed by atoms with Crippen LogP contribution in [0.1, 0.15) is 6.23 Å². The number of nitrogens with zero attached hydrogens (tertiary/aromatic N) is 4. The molecule has 1 aliphatic rings. The molecule has 4 N–H and O–H groups in total. The quantitative estimate of drug-likeness (QED) is 0.501. The molecular formula is C12H17N5O5. The molecule has 0 bridgehead atoms. The minimum absolute atomic E-state index is 0.224. The van der Waals surface area contributed by atoms with Gasteiger partial charge in [0.25, 0.3) is 0 Å². The Morgan fingerprint density at radius 3 is 2.73 bits per heavy atom. The predicted molar refractivity (Wildman–Crippen MR) is 75.5 cm³/mol. The van der Waals surface area contributed by atoms with Gasteiger partial charge in [-0.2, -0.15) is 4.98 Å². The van der Waals surface area contributed by atoms with Crippen LogP contribution in [0.3, 0.4) is 0 Å². The van der Waals surface area contributed by atoms with Gasteiger partial charge in [0.1, 0.15) is 29.6 Å². The Balaban J connectivity index is 2.11. The fourth-order valence-electron chi connectivity index (χ4n) is 2.54. The largest absolute Gasteiger partial charge is 0.394 e. The van der Waals surface area contributed by atoms with Crippen molar-refractivity contribution in [3.63, 3.8) is 0 Å². The normalized spacial score (nSPS) is 28.4. The van der Waals surface area contributed by atoms with Crippen LogP contribution in [0, 0.1) is 0 Å². The van der Waals surface area contributed by atoms with Crippen molar-refractivity contribution in [1.82, 2.24) is 19.5 Å². The lowest BCUT2D eigenvalue weighted by atomic mass is 10.1. The number of nitrogens with one attached hydrogen (secondary N) is 1. The molecule has 1 saturated heterocycles. The molecule has 0 amide bonds. The number of ether oxygens (including phenoxy) is 1. The zero-order valence-corrected chi connectivity index (χ0v) is 12.0. The fraction of sp³-hybridized carbons (Fsp3) is 0.583. The van der Waals surface area contributed by atoms with Crippen LogP contribution < -0.4 is 10.6 Å². The number of aromatic amines is 1. The summed E-state index contributed by atoms with van der Waals surface area (Å²) in [6.07, 6.45) is -3.02. The van der Waals surface area contributed by atoms with Gasteiger partial charge in [0.15, 0.2) is 11.9 Å². The molecule has 2 aromatic heterocycles. The highest BCUT2D eigenvalue weighted by Gasteiger charge is 2.44. The lowest BCUT2D eigenvalue weighted by Crippen LogP contribution is -2.33. The lowest BCUT2D eigenvalue weighted by molar-refractivity contribution is -0.0511. The topological polar surface area (TPSA) is 137 Å². The Kier molecular flexibility index (Phi) is 3.60. The van der Waals surface area contributed by atoms with E-state index in [-0.39, 0.29) is 5.65 Å². The van der Waals surface area contributed by atoms with Crippen LogP contribution in [0.4, 0.5) is 5.82 Å².